The molecule has 0 aromatic heterocycles. The van der Waals surface area contributed by atoms with E-state index in [0.29, 0.717) is 18.7 Å². The molecule has 0 fully saturated rings. The van der Waals surface area contributed by atoms with E-state index >= 15 is 0 Å². The van der Waals surface area contributed by atoms with Crippen LogP contribution in [-0.2, 0) is 6.42 Å². The summed E-state index contributed by atoms with van der Waals surface area (Å²) in [6.45, 7) is 3.45. The maximum Gasteiger partial charge on any atom is 0.251 e. The molecule has 0 aliphatic rings. The van der Waals surface area contributed by atoms with Gasteiger partial charge in [0.25, 0.3) is 5.91 Å². The van der Waals surface area contributed by atoms with Crippen molar-refractivity contribution in [2.24, 2.45) is 0 Å². The second-order valence-corrected chi connectivity index (χ2v) is 7.35. The number of allylic oxidation sites excluding steroid dienone is 1. The number of amides is 1. The predicted molar refractivity (Wildman–Crippen MR) is 122 cm³/mol. The summed E-state index contributed by atoms with van der Waals surface area (Å²) >= 11 is 0. The lowest BCUT2D eigenvalue weighted by Crippen LogP contribution is -2.25. The first-order chi connectivity index (χ1) is 14.3. The summed E-state index contributed by atoms with van der Waals surface area (Å²) in [6.07, 6.45) is 14.2. The highest BCUT2D eigenvalue weighted by molar-refractivity contribution is 5.94. The number of unbranched alkanes of at least 4 members (excludes halogenated alkanes) is 6. The average Bonchev–Trinajstić information content (AvgIpc) is 2.76. The van der Waals surface area contributed by atoms with Gasteiger partial charge in [-0.1, -0.05) is 81.5 Å². The third kappa shape index (κ3) is 9.98. The van der Waals surface area contributed by atoms with Crippen molar-refractivity contribution >= 4 is 5.91 Å². The van der Waals surface area contributed by atoms with Gasteiger partial charge in [0.15, 0.2) is 0 Å². The fourth-order valence-electron chi connectivity index (χ4n) is 3.14. The number of carbonyl (C=O) groups is 1. The number of hydrogen-bond donors (Lipinski definition) is 1. The number of carbonyl (C=O) groups excluding carboxylic acids is 1. The Labute approximate surface area is 176 Å². The lowest BCUT2D eigenvalue weighted by Gasteiger charge is -2.07. The Morgan fingerprint density at radius 1 is 0.897 bits per heavy atom. The highest BCUT2D eigenvalue weighted by Gasteiger charge is 2.05. The van der Waals surface area contributed by atoms with Crippen molar-refractivity contribution in [1.82, 2.24) is 5.32 Å². The number of ether oxygens (including phenoxy) is 1. The molecule has 29 heavy (non-hydrogen) atoms. The second kappa shape index (κ2) is 14.4. The van der Waals surface area contributed by atoms with E-state index in [1.54, 1.807) is 0 Å². The molecule has 0 saturated carbocycles. The molecule has 0 aliphatic heterocycles. The van der Waals surface area contributed by atoms with E-state index in [1.807, 2.05) is 42.5 Å². The number of benzene rings is 2. The Kier molecular flexibility index (Phi) is 11.3. The molecular formula is C26H35NO2. The van der Waals surface area contributed by atoms with Crippen molar-refractivity contribution in [1.29, 1.82) is 0 Å². The smallest absolute Gasteiger partial charge is 0.251 e. The van der Waals surface area contributed by atoms with Crippen molar-refractivity contribution in [3.8, 4) is 5.75 Å². The van der Waals surface area contributed by atoms with Crippen LogP contribution in [0.5, 0.6) is 5.75 Å². The van der Waals surface area contributed by atoms with Crippen LogP contribution in [0.3, 0.4) is 0 Å². The summed E-state index contributed by atoms with van der Waals surface area (Å²) in [7, 11) is 0. The van der Waals surface area contributed by atoms with E-state index in [4.69, 9.17) is 4.74 Å². The second-order valence-electron chi connectivity index (χ2n) is 7.35. The van der Waals surface area contributed by atoms with E-state index in [-0.39, 0.29) is 5.91 Å². The molecule has 1 N–H and O–H groups in total. The van der Waals surface area contributed by atoms with Crippen LogP contribution in [0, 0.1) is 0 Å². The average molecular weight is 394 g/mol. The first kappa shape index (κ1) is 22.7. The van der Waals surface area contributed by atoms with Crippen LogP contribution in [0.15, 0.2) is 66.7 Å². The molecule has 2 rings (SSSR count). The van der Waals surface area contributed by atoms with Crippen LogP contribution < -0.4 is 10.1 Å². The van der Waals surface area contributed by atoms with Gasteiger partial charge in [0.05, 0.1) is 0 Å². The van der Waals surface area contributed by atoms with Crippen molar-refractivity contribution in [2.75, 3.05) is 13.2 Å². The van der Waals surface area contributed by atoms with Crippen LogP contribution in [0.4, 0.5) is 0 Å². The summed E-state index contributed by atoms with van der Waals surface area (Å²) in [5.41, 5.74) is 1.88. The molecular weight excluding hydrogens is 358 g/mol. The Morgan fingerprint density at radius 2 is 1.62 bits per heavy atom. The maximum absolute atomic E-state index is 12.2. The SMILES string of the molecule is CCCCCCCCC=CCOc1ccc(C(=O)NCCc2ccccc2)cc1. The standard InChI is InChI=1S/C26H35NO2/c1-2-3-4-5-6-7-8-9-13-22-29-25-18-16-24(17-19-25)26(28)27-21-20-23-14-11-10-12-15-23/h9-19H,2-8,20-22H2,1H3,(H,27,28). The van der Waals surface area contributed by atoms with Crippen LogP contribution in [0.25, 0.3) is 0 Å². The Hall–Kier alpha value is -2.55. The summed E-state index contributed by atoms with van der Waals surface area (Å²) in [6, 6.07) is 17.5. The Bertz CT molecular complexity index is 707. The van der Waals surface area contributed by atoms with E-state index in [1.165, 1.54) is 44.1 Å². The molecule has 3 heteroatoms. The highest BCUT2D eigenvalue weighted by Crippen LogP contribution is 2.12. The molecule has 0 bridgehead atoms. The Morgan fingerprint density at radius 3 is 2.38 bits per heavy atom. The summed E-state index contributed by atoms with van der Waals surface area (Å²) in [5.74, 6) is 0.737. The normalized spacial score (nSPS) is 10.9. The third-order valence-electron chi connectivity index (χ3n) is 4.90. The van der Waals surface area contributed by atoms with Crippen LogP contribution in [0.1, 0.15) is 67.8 Å². The van der Waals surface area contributed by atoms with Gasteiger partial charge in [0, 0.05) is 12.1 Å². The minimum Gasteiger partial charge on any atom is -0.490 e. The number of nitrogens with one attached hydrogen (secondary N) is 1. The summed E-state index contributed by atoms with van der Waals surface area (Å²) in [5, 5.41) is 2.96. The van der Waals surface area contributed by atoms with E-state index < -0.39 is 0 Å². The van der Waals surface area contributed by atoms with Crippen molar-refractivity contribution in [2.45, 2.75) is 58.3 Å². The number of hydrogen-bond acceptors (Lipinski definition) is 2. The molecule has 3 nitrogen and oxygen atoms in total. The first-order valence-electron chi connectivity index (χ1n) is 11.0. The first-order valence-corrected chi connectivity index (χ1v) is 11.0. The van der Waals surface area contributed by atoms with Gasteiger partial charge < -0.3 is 10.1 Å². The minimum absolute atomic E-state index is 0.0497. The largest absolute Gasteiger partial charge is 0.490 e. The van der Waals surface area contributed by atoms with Gasteiger partial charge in [-0.2, -0.15) is 0 Å². The van der Waals surface area contributed by atoms with Gasteiger partial charge in [0.1, 0.15) is 12.4 Å². The van der Waals surface area contributed by atoms with Gasteiger partial charge in [0.2, 0.25) is 0 Å². The Balaban J connectivity index is 1.59. The van der Waals surface area contributed by atoms with E-state index in [2.05, 4.69) is 36.5 Å². The molecule has 0 spiro atoms. The van der Waals surface area contributed by atoms with Crippen molar-refractivity contribution in [3.05, 3.63) is 77.9 Å². The molecule has 2 aromatic rings. The van der Waals surface area contributed by atoms with Gasteiger partial charge in [-0.05, 0) is 49.1 Å². The topological polar surface area (TPSA) is 38.3 Å². The van der Waals surface area contributed by atoms with E-state index in [9.17, 15) is 4.79 Å². The monoisotopic (exact) mass is 393 g/mol. The zero-order valence-corrected chi connectivity index (χ0v) is 17.7. The molecule has 0 atom stereocenters. The van der Waals surface area contributed by atoms with Crippen LogP contribution in [-0.4, -0.2) is 19.1 Å². The molecule has 0 unspecified atom stereocenters. The quantitative estimate of drug-likeness (QED) is 0.300. The molecule has 0 aliphatic carbocycles. The zero-order valence-electron chi connectivity index (χ0n) is 17.7. The van der Waals surface area contributed by atoms with Gasteiger partial charge in [-0.3, -0.25) is 4.79 Å². The fraction of sp³-hybridized carbons (Fsp3) is 0.423. The third-order valence-corrected chi connectivity index (χ3v) is 4.90. The summed E-state index contributed by atoms with van der Waals surface area (Å²) in [4.78, 5) is 12.2. The minimum atomic E-state index is -0.0497. The number of rotatable bonds is 14. The van der Waals surface area contributed by atoms with Crippen LogP contribution in [0.2, 0.25) is 0 Å². The predicted octanol–water partition coefficient (Wildman–Crippen LogP) is 6.34. The zero-order chi connectivity index (χ0) is 20.6. The molecule has 2 aromatic carbocycles. The van der Waals surface area contributed by atoms with Gasteiger partial charge >= 0.3 is 0 Å². The summed E-state index contributed by atoms with van der Waals surface area (Å²) < 4.78 is 5.72. The van der Waals surface area contributed by atoms with Crippen LogP contribution >= 0.6 is 0 Å². The van der Waals surface area contributed by atoms with Crippen molar-refractivity contribution in [3.63, 3.8) is 0 Å². The molecule has 0 heterocycles. The molecule has 1 amide bonds. The molecule has 0 radical (unpaired) electrons. The van der Waals surface area contributed by atoms with E-state index in [0.717, 1.165) is 18.6 Å². The molecule has 0 saturated heterocycles. The van der Waals surface area contributed by atoms with Gasteiger partial charge in [-0.15, -0.1) is 0 Å². The maximum atomic E-state index is 12.2. The van der Waals surface area contributed by atoms with Gasteiger partial charge in [-0.25, -0.2) is 0 Å². The fourth-order valence-corrected chi connectivity index (χ4v) is 3.14. The lowest BCUT2D eigenvalue weighted by atomic mass is 10.1. The highest BCUT2D eigenvalue weighted by atomic mass is 16.5. The van der Waals surface area contributed by atoms with Crippen molar-refractivity contribution < 1.29 is 9.53 Å². The molecule has 156 valence electrons. The lowest BCUT2D eigenvalue weighted by molar-refractivity contribution is 0.0954.